The molecule has 24 heavy (non-hydrogen) atoms. The second-order valence-corrected chi connectivity index (χ2v) is 8.81. The predicted molar refractivity (Wildman–Crippen MR) is 93.4 cm³/mol. The summed E-state index contributed by atoms with van der Waals surface area (Å²) < 4.78 is 24.0. The van der Waals surface area contributed by atoms with E-state index in [4.69, 9.17) is 0 Å². The minimum Gasteiger partial charge on any atom is -0.338 e. The Balaban J connectivity index is 1.40. The van der Waals surface area contributed by atoms with E-state index in [1.165, 1.54) is 21.7 Å². The van der Waals surface area contributed by atoms with Gasteiger partial charge in [0.1, 0.15) is 0 Å². The monoisotopic (exact) mass is 351 g/mol. The van der Waals surface area contributed by atoms with Gasteiger partial charge in [-0.05, 0) is 30.4 Å². The van der Waals surface area contributed by atoms with Crippen LogP contribution in [0.2, 0.25) is 0 Å². The highest BCUT2D eigenvalue weighted by Crippen LogP contribution is 2.30. The molecule has 2 amide bonds. The number of carbonyl (C=O) groups is 1. The minimum atomic E-state index is -3.09. The van der Waals surface area contributed by atoms with Crippen LogP contribution in [-0.4, -0.2) is 51.2 Å². The summed E-state index contributed by atoms with van der Waals surface area (Å²) in [5.41, 5.74) is 2.75. The van der Waals surface area contributed by atoms with Crippen molar-refractivity contribution in [3.05, 3.63) is 35.4 Å². The summed E-state index contributed by atoms with van der Waals surface area (Å²) >= 11 is 0. The van der Waals surface area contributed by atoms with E-state index in [1.807, 2.05) is 0 Å². The van der Waals surface area contributed by atoms with Crippen LogP contribution < -0.4 is 10.6 Å². The zero-order valence-corrected chi connectivity index (χ0v) is 14.8. The summed E-state index contributed by atoms with van der Waals surface area (Å²) in [7, 11) is -3.09. The number of nitrogens with one attached hydrogen (secondary N) is 2. The Kier molecular flexibility index (Phi) is 5.10. The molecule has 132 valence electrons. The molecule has 1 fully saturated rings. The maximum atomic E-state index is 12.0. The maximum Gasteiger partial charge on any atom is 0.314 e. The van der Waals surface area contributed by atoms with Crippen molar-refractivity contribution < 1.29 is 13.2 Å². The molecule has 2 aliphatic rings. The average Bonchev–Trinajstić information content (AvgIpc) is 2.50. The lowest BCUT2D eigenvalue weighted by molar-refractivity contribution is 0.193. The van der Waals surface area contributed by atoms with Gasteiger partial charge in [-0.2, -0.15) is 0 Å². The summed E-state index contributed by atoms with van der Waals surface area (Å²) in [5, 5.41) is 5.80. The molecule has 1 saturated heterocycles. The van der Waals surface area contributed by atoms with Crippen LogP contribution in [0.4, 0.5) is 4.79 Å². The van der Waals surface area contributed by atoms with Crippen molar-refractivity contribution in [2.75, 3.05) is 32.4 Å². The minimum absolute atomic E-state index is 0.170. The Morgan fingerprint density at radius 1 is 1.21 bits per heavy atom. The third-order valence-corrected chi connectivity index (χ3v) is 6.18. The fraction of sp³-hybridized carbons (Fsp3) is 0.588. The normalized spacial score (nSPS) is 21.6. The number of amides is 2. The predicted octanol–water partition coefficient (Wildman–Crippen LogP) is 1.30. The van der Waals surface area contributed by atoms with Gasteiger partial charge in [-0.25, -0.2) is 17.5 Å². The Morgan fingerprint density at radius 2 is 1.92 bits per heavy atom. The zero-order valence-electron chi connectivity index (χ0n) is 14.0. The molecular formula is C17H25N3O3S. The molecule has 1 aromatic rings. The Hall–Kier alpha value is -1.60. The van der Waals surface area contributed by atoms with Crippen molar-refractivity contribution in [3.8, 4) is 0 Å². The molecule has 2 N–H and O–H groups in total. The van der Waals surface area contributed by atoms with Gasteiger partial charge >= 0.3 is 6.03 Å². The van der Waals surface area contributed by atoms with Gasteiger partial charge in [0.25, 0.3) is 0 Å². The van der Waals surface area contributed by atoms with Crippen LogP contribution in [0.15, 0.2) is 24.3 Å². The molecule has 1 heterocycles. The van der Waals surface area contributed by atoms with Crippen LogP contribution in [0.25, 0.3) is 0 Å². The molecule has 6 nitrogen and oxygen atoms in total. The average molecular weight is 351 g/mol. The van der Waals surface area contributed by atoms with E-state index in [0.29, 0.717) is 32.1 Å². The molecular weight excluding hydrogens is 326 g/mol. The molecule has 1 aromatic carbocycles. The smallest absolute Gasteiger partial charge is 0.314 e. The van der Waals surface area contributed by atoms with E-state index < -0.39 is 10.0 Å². The highest BCUT2D eigenvalue weighted by molar-refractivity contribution is 7.88. The van der Waals surface area contributed by atoms with E-state index in [-0.39, 0.29) is 11.9 Å². The molecule has 0 saturated carbocycles. The first-order valence-electron chi connectivity index (χ1n) is 8.48. The summed E-state index contributed by atoms with van der Waals surface area (Å²) in [6, 6.07) is 8.29. The van der Waals surface area contributed by atoms with E-state index in [9.17, 15) is 13.2 Å². The Bertz CT molecular complexity index is 699. The quantitative estimate of drug-likeness (QED) is 0.839. The van der Waals surface area contributed by atoms with Crippen LogP contribution in [-0.2, 0) is 16.4 Å². The molecule has 1 aliphatic heterocycles. The van der Waals surface area contributed by atoms with Crippen molar-refractivity contribution in [1.82, 2.24) is 14.9 Å². The van der Waals surface area contributed by atoms with E-state index in [2.05, 4.69) is 34.9 Å². The number of rotatable bonds is 5. The topological polar surface area (TPSA) is 78.5 Å². The number of nitrogens with zero attached hydrogens (tertiary/aromatic N) is 1. The second kappa shape index (κ2) is 7.11. The lowest BCUT2D eigenvalue weighted by Crippen LogP contribution is -2.54. The van der Waals surface area contributed by atoms with Crippen molar-refractivity contribution in [2.45, 2.75) is 25.2 Å². The second-order valence-electron chi connectivity index (χ2n) is 6.82. The van der Waals surface area contributed by atoms with Gasteiger partial charge < -0.3 is 10.6 Å². The van der Waals surface area contributed by atoms with Gasteiger partial charge in [-0.3, -0.25) is 0 Å². The fourth-order valence-corrected chi connectivity index (χ4v) is 4.47. The number of carbonyl (C=O) groups excluding carboxylic acids is 1. The third-order valence-electron chi connectivity index (χ3n) is 4.95. The third kappa shape index (κ3) is 4.08. The van der Waals surface area contributed by atoms with Crippen molar-refractivity contribution in [3.63, 3.8) is 0 Å². The van der Waals surface area contributed by atoms with Crippen LogP contribution in [0.1, 0.15) is 29.9 Å². The number of hydrogen-bond acceptors (Lipinski definition) is 3. The van der Waals surface area contributed by atoms with Crippen LogP contribution in [0.5, 0.6) is 0 Å². The SMILES string of the molecule is CS(=O)(=O)N1CC(CNC(=O)NCC2CCCc3ccccc32)C1. The lowest BCUT2D eigenvalue weighted by Gasteiger charge is -2.37. The van der Waals surface area contributed by atoms with Gasteiger partial charge in [-0.1, -0.05) is 24.3 Å². The molecule has 0 radical (unpaired) electrons. The molecule has 0 aromatic heterocycles. The van der Waals surface area contributed by atoms with Gasteiger partial charge in [0.2, 0.25) is 10.0 Å². The summed E-state index contributed by atoms with van der Waals surface area (Å²) in [6.07, 6.45) is 4.60. The van der Waals surface area contributed by atoms with Crippen LogP contribution >= 0.6 is 0 Å². The number of benzene rings is 1. The molecule has 0 bridgehead atoms. The zero-order chi connectivity index (χ0) is 17.2. The number of hydrogen-bond donors (Lipinski definition) is 2. The van der Waals surface area contributed by atoms with Gasteiger partial charge in [0, 0.05) is 38.0 Å². The molecule has 0 spiro atoms. The molecule has 1 unspecified atom stereocenters. The number of fused-ring (bicyclic) bond motifs is 1. The highest BCUT2D eigenvalue weighted by atomic mass is 32.2. The van der Waals surface area contributed by atoms with E-state index in [0.717, 1.165) is 19.3 Å². The molecule has 1 aliphatic carbocycles. The largest absolute Gasteiger partial charge is 0.338 e. The first kappa shape index (κ1) is 17.2. The standard InChI is InChI=1S/C17H25N3O3S/c1-24(22,23)20-11-13(12-20)9-18-17(21)19-10-15-7-4-6-14-5-2-3-8-16(14)15/h2-3,5,8,13,15H,4,6-7,9-12H2,1H3,(H2,18,19,21). The van der Waals surface area contributed by atoms with Crippen molar-refractivity contribution in [2.24, 2.45) is 5.92 Å². The first-order valence-corrected chi connectivity index (χ1v) is 10.3. The highest BCUT2D eigenvalue weighted by Gasteiger charge is 2.33. The summed E-state index contributed by atoms with van der Waals surface area (Å²) in [5.74, 6) is 0.589. The van der Waals surface area contributed by atoms with E-state index >= 15 is 0 Å². The Labute approximate surface area is 143 Å². The van der Waals surface area contributed by atoms with Gasteiger partial charge in [0.15, 0.2) is 0 Å². The molecule has 7 heteroatoms. The van der Waals surface area contributed by atoms with Crippen molar-refractivity contribution >= 4 is 16.1 Å². The fourth-order valence-electron chi connectivity index (χ4n) is 3.50. The Morgan fingerprint density at radius 3 is 2.67 bits per heavy atom. The number of urea groups is 1. The molecule has 1 atom stereocenters. The lowest BCUT2D eigenvalue weighted by atomic mass is 9.83. The maximum absolute atomic E-state index is 12.0. The van der Waals surface area contributed by atoms with Gasteiger partial charge in [-0.15, -0.1) is 0 Å². The molecule has 3 rings (SSSR count). The number of sulfonamides is 1. The van der Waals surface area contributed by atoms with E-state index in [1.54, 1.807) is 0 Å². The summed E-state index contributed by atoms with van der Waals surface area (Å²) in [4.78, 5) is 12.0. The number of aryl methyl sites for hydroxylation is 1. The van der Waals surface area contributed by atoms with Crippen LogP contribution in [0.3, 0.4) is 0 Å². The van der Waals surface area contributed by atoms with Crippen LogP contribution in [0, 0.1) is 5.92 Å². The van der Waals surface area contributed by atoms with Gasteiger partial charge in [0.05, 0.1) is 6.26 Å². The first-order chi connectivity index (χ1) is 11.4. The van der Waals surface area contributed by atoms with Crippen molar-refractivity contribution in [1.29, 1.82) is 0 Å². The summed E-state index contributed by atoms with van der Waals surface area (Å²) in [6.45, 7) is 2.15.